The van der Waals surface area contributed by atoms with E-state index in [1.54, 1.807) is 48.7 Å². The number of anilines is 1. The third kappa shape index (κ3) is 4.27. The van der Waals surface area contributed by atoms with Crippen LogP contribution < -0.4 is 5.32 Å². The molecule has 150 valence electrons. The molecule has 1 amide bonds. The molecule has 2 aromatic heterocycles. The number of alkyl halides is 3. The molecule has 0 bridgehead atoms. The van der Waals surface area contributed by atoms with Crippen molar-refractivity contribution in [2.75, 3.05) is 5.32 Å². The minimum Gasteiger partial charge on any atom is -0.326 e. The van der Waals surface area contributed by atoms with Crippen LogP contribution in [-0.4, -0.2) is 20.7 Å². The maximum atomic E-state index is 13.2. The smallest absolute Gasteiger partial charge is 0.326 e. The van der Waals surface area contributed by atoms with Gasteiger partial charge in [0.2, 0.25) is 5.91 Å². The zero-order valence-corrected chi connectivity index (χ0v) is 15.8. The van der Waals surface area contributed by atoms with Crippen molar-refractivity contribution < 1.29 is 18.0 Å². The maximum absolute atomic E-state index is 13.2. The first-order valence-electron chi connectivity index (χ1n) is 8.99. The SMILES string of the molecule is O=C(Cc1ccccn1)Nc1ccc(-n2nc(C(F)(F)F)c(Cl)c2C2CC2)cc1. The standard InChI is InChI=1S/C20H16ClF3N4O/c21-17-18(12-4-5-12)28(27-19(17)20(22,23)24)15-8-6-13(7-9-15)26-16(29)11-14-3-1-2-10-25-14/h1-3,6-10,12H,4-5,11H2,(H,26,29). The molecular formula is C20H16ClF3N4O. The minimum absolute atomic E-state index is 0.0242. The second kappa shape index (κ2) is 7.51. The lowest BCUT2D eigenvalue weighted by molar-refractivity contribution is -0.141. The molecule has 1 aromatic carbocycles. The van der Waals surface area contributed by atoms with Gasteiger partial charge in [-0.15, -0.1) is 0 Å². The summed E-state index contributed by atoms with van der Waals surface area (Å²) >= 11 is 6.01. The Morgan fingerprint density at radius 3 is 2.48 bits per heavy atom. The third-order valence-electron chi connectivity index (χ3n) is 4.56. The molecule has 1 N–H and O–H groups in total. The molecule has 5 nitrogen and oxygen atoms in total. The summed E-state index contributed by atoms with van der Waals surface area (Å²) in [5, 5.41) is 6.13. The fourth-order valence-corrected chi connectivity index (χ4v) is 3.44. The first-order valence-corrected chi connectivity index (χ1v) is 9.36. The molecule has 1 saturated carbocycles. The zero-order valence-electron chi connectivity index (χ0n) is 15.1. The number of hydrogen-bond donors (Lipinski definition) is 1. The van der Waals surface area contributed by atoms with Crippen LogP contribution in [0, 0.1) is 0 Å². The van der Waals surface area contributed by atoms with E-state index in [0.29, 0.717) is 22.8 Å². The molecule has 4 rings (SSSR count). The largest absolute Gasteiger partial charge is 0.436 e. The Labute approximate surface area is 169 Å². The second-order valence-electron chi connectivity index (χ2n) is 6.82. The highest BCUT2D eigenvalue weighted by molar-refractivity contribution is 6.32. The van der Waals surface area contributed by atoms with Gasteiger partial charge in [-0.05, 0) is 49.2 Å². The predicted octanol–water partition coefficient (Wildman–Crippen LogP) is 5.00. The van der Waals surface area contributed by atoms with Crippen LogP contribution in [0.5, 0.6) is 0 Å². The lowest BCUT2D eigenvalue weighted by Crippen LogP contribution is -2.15. The van der Waals surface area contributed by atoms with Gasteiger partial charge in [0.1, 0.15) is 0 Å². The van der Waals surface area contributed by atoms with Crippen molar-refractivity contribution in [3.63, 3.8) is 0 Å². The number of hydrogen-bond acceptors (Lipinski definition) is 3. The van der Waals surface area contributed by atoms with Crippen molar-refractivity contribution in [1.29, 1.82) is 0 Å². The van der Waals surface area contributed by atoms with Crippen molar-refractivity contribution in [2.24, 2.45) is 0 Å². The van der Waals surface area contributed by atoms with E-state index in [2.05, 4.69) is 15.4 Å². The first-order chi connectivity index (χ1) is 13.8. The van der Waals surface area contributed by atoms with Crippen molar-refractivity contribution in [2.45, 2.75) is 31.4 Å². The van der Waals surface area contributed by atoms with Gasteiger partial charge < -0.3 is 5.32 Å². The van der Waals surface area contributed by atoms with Crippen LogP contribution in [-0.2, 0) is 17.4 Å². The van der Waals surface area contributed by atoms with Crippen LogP contribution >= 0.6 is 11.6 Å². The van der Waals surface area contributed by atoms with E-state index in [1.165, 1.54) is 4.68 Å². The maximum Gasteiger partial charge on any atom is 0.436 e. The molecule has 1 aliphatic carbocycles. The second-order valence-corrected chi connectivity index (χ2v) is 7.20. The Morgan fingerprint density at radius 1 is 1.17 bits per heavy atom. The highest BCUT2D eigenvalue weighted by Crippen LogP contribution is 2.47. The van der Waals surface area contributed by atoms with Crippen LogP contribution in [0.2, 0.25) is 5.02 Å². The van der Waals surface area contributed by atoms with Gasteiger partial charge in [0, 0.05) is 23.5 Å². The summed E-state index contributed by atoms with van der Waals surface area (Å²) in [4.78, 5) is 16.2. The molecule has 0 atom stereocenters. The zero-order chi connectivity index (χ0) is 20.6. The van der Waals surface area contributed by atoms with Crippen molar-refractivity contribution in [3.8, 4) is 5.69 Å². The Hall–Kier alpha value is -2.87. The number of halogens is 4. The molecule has 0 saturated heterocycles. The van der Waals surface area contributed by atoms with Crippen molar-refractivity contribution in [1.82, 2.24) is 14.8 Å². The summed E-state index contributed by atoms with van der Waals surface area (Å²) < 4.78 is 40.9. The van der Waals surface area contributed by atoms with E-state index in [4.69, 9.17) is 11.6 Å². The summed E-state index contributed by atoms with van der Waals surface area (Å²) in [6.07, 6.45) is -1.32. The number of benzene rings is 1. The Morgan fingerprint density at radius 2 is 1.90 bits per heavy atom. The van der Waals surface area contributed by atoms with E-state index < -0.39 is 11.9 Å². The van der Waals surface area contributed by atoms with Crippen LogP contribution in [0.4, 0.5) is 18.9 Å². The quantitative estimate of drug-likeness (QED) is 0.632. The van der Waals surface area contributed by atoms with Gasteiger partial charge in [-0.3, -0.25) is 9.78 Å². The lowest BCUT2D eigenvalue weighted by Gasteiger charge is -2.09. The Bertz CT molecular complexity index is 1030. The van der Waals surface area contributed by atoms with Crippen molar-refractivity contribution in [3.05, 3.63) is 70.8 Å². The summed E-state index contributed by atoms with van der Waals surface area (Å²) in [6.45, 7) is 0. The molecule has 0 radical (unpaired) electrons. The number of nitrogens with one attached hydrogen (secondary N) is 1. The molecule has 9 heteroatoms. The molecule has 3 aromatic rings. The number of aromatic nitrogens is 3. The molecule has 0 unspecified atom stereocenters. The van der Waals surface area contributed by atoms with Crippen LogP contribution in [0.1, 0.15) is 35.8 Å². The van der Waals surface area contributed by atoms with Gasteiger partial charge in [0.05, 0.1) is 22.8 Å². The van der Waals surface area contributed by atoms with E-state index in [9.17, 15) is 18.0 Å². The van der Waals surface area contributed by atoms with Gasteiger partial charge in [-0.25, -0.2) is 4.68 Å². The highest BCUT2D eigenvalue weighted by Gasteiger charge is 2.42. The summed E-state index contributed by atoms with van der Waals surface area (Å²) in [5.41, 5.74) is 0.922. The normalized spacial score (nSPS) is 14.1. The fraction of sp³-hybridized carbons (Fsp3) is 0.250. The Kier molecular flexibility index (Phi) is 5.04. The third-order valence-corrected chi connectivity index (χ3v) is 4.93. The van der Waals surface area contributed by atoms with Gasteiger partial charge >= 0.3 is 6.18 Å². The Balaban J connectivity index is 1.54. The molecular weight excluding hydrogens is 405 g/mol. The van der Waals surface area contributed by atoms with Gasteiger partial charge in [0.15, 0.2) is 5.69 Å². The lowest BCUT2D eigenvalue weighted by atomic mass is 10.2. The number of rotatable bonds is 5. The average molecular weight is 421 g/mol. The van der Waals surface area contributed by atoms with E-state index in [0.717, 1.165) is 12.8 Å². The van der Waals surface area contributed by atoms with Crippen LogP contribution in [0.25, 0.3) is 5.69 Å². The van der Waals surface area contributed by atoms with Crippen molar-refractivity contribution >= 4 is 23.2 Å². The molecule has 2 heterocycles. The molecule has 1 fully saturated rings. The van der Waals surface area contributed by atoms with Crippen LogP contribution in [0.15, 0.2) is 48.7 Å². The number of pyridine rings is 1. The minimum atomic E-state index is -4.62. The molecule has 29 heavy (non-hydrogen) atoms. The fourth-order valence-electron chi connectivity index (χ4n) is 3.06. The number of nitrogens with zero attached hydrogens (tertiary/aromatic N) is 3. The number of carbonyl (C=O) groups is 1. The highest BCUT2D eigenvalue weighted by atomic mass is 35.5. The summed E-state index contributed by atoms with van der Waals surface area (Å²) in [7, 11) is 0. The summed E-state index contributed by atoms with van der Waals surface area (Å²) in [5.74, 6) is -0.263. The number of carbonyl (C=O) groups excluding carboxylic acids is 1. The van der Waals surface area contributed by atoms with Gasteiger partial charge in [-0.1, -0.05) is 17.7 Å². The average Bonchev–Trinajstić information content (AvgIpc) is 3.44. The topological polar surface area (TPSA) is 59.8 Å². The van der Waals surface area contributed by atoms with E-state index >= 15 is 0 Å². The summed E-state index contributed by atoms with van der Waals surface area (Å²) in [6, 6.07) is 11.8. The number of amides is 1. The van der Waals surface area contributed by atoms with Gasteiger partial charge in [-0.2, -0.15) is 18.3 Å². The molecule has 0 aliphatic heterocycles. The van der Waals surface area contributed by atoms with Gasteiger partial charge in [0.25, 0.3) is 0 Å². The predicted molar refractivity (Wildman–Crippen MR) is 102 cm³/mol. The molecule has 1 aliphatic rings. The molecule has 0 spiro atoms. The monoisotopic (exact) mass is 420 g/mol. The van der Waals surface area contributed by atoms with E-state index in [-0.39, 0.29) is 23.3 Å². The van der Waals surface area contributed by atoms with Crippen LogP contribution in [0.3, 0.4) is 0 Å². The first kappa shape index (κ1) is 19.4. The van der Waals surface area contributed by atoms with E-state index in [1.807, 2.05) is 0 Å².